The number of carbonyl (C=O) groups excluding carboxylic acids is 1. The van der Waals surface area contributed by atoms with Gasteiger partial charge in [0.15, 0.2) is 0 Å². The first-order chi connectivity index (χ1) is 8.88. The number of sulfonamides is 1. The van der Waals surface area contributed by atoms with Crippen LogP contribution < -0.4 is 21.5 Å². The number of amides is 1. The second-order valence-corrected chi connectivity index (χ2v) is 5.96. The zero-order valence-electron chi connectivity index (χ0n) is 10.2. The van der Waals surface area contributed by atoms with Crippen molar-refractivity contribution in [1.29, 1.82) is 0 Å². The Morgan fingerprint density at radius 3 is 2.68 bits per heavy atom. The molecular weight excluding hydrogens is 268 g/mol. The van der Waals surface area contributed by atoms with Gasteiger partial charge in [-0.05, 0) is 31.0 Å². The summed E-state index contributed by atoms with van der Waals surface area (Å²) in [6.07, 6.45) is 1.62. The summed E-state index contributed by atoms with van der Waals surface area (Å²) in [6.45, 7) is 0.684. The summed E-state index contributed by atoms with van der Waals surface area (Å²) in [5, 5.41) is 10.8. The minimum atomic E-state index is -3.83. The molecule has 1 heterocycles. The Balaban J connectivity index is 2.18. The number of piperidine rings is 1. The van der Waals surface area contributed by atoms with E-state index in [1.807, 2.05) is 0 Å². The quantitative estimate of drug-likeness (QED) is 0.562. The lowest BCUT2D eigenvalue weighted by Crippen LogP contribution is -2.44. The number of nitrogens with two attached hydrogens (primary N) is 2. The van der Waals surface area contributed by atoms with E-state index in [0.29, 0.717) is 12.2 Å². The highest BCUT2D eigenvalue weighted by Crippen LogP contribution is 2.22. The van der Waals surface area contributed by atoms with Crippen LogP contribution in [-0.4, -0.2) is 26.9 Å². The second kappa shape index (κ2) is 5.06. The van der Waals surface area contributed by atoms with E-state index >= 15 is 0 Å². The molecule has 7 nitrogen and oxygen atoms in total. The van der Waals surface area contributed by atoms with Gasteiger partial charge in [0.2, 0.25) is 15.9 Å². The molecule has 0 aliphatic carbocycles. The predicted octanol–water partition coefficient (Wildman–Crippen LogP) is -0.393. The van der Waals surface area contributed by atoms with Crippen molar-refractivity contribution in [3.05, 3.63) is 18.2 Å². The minimum absolute atomic E-state index is 0.0590. The number of benzene rings is 1. The van der Waals surface area contributed by atoms with Gasteiger partial charge < -0.3 is 16.4 Å². The van der Waals surface area contributed by atoms with Gasteiger partial charge in [-0.1, -0.05) is 0 Å². The molecule has 104 valence electrons. The van der Waals surface area contributed by atoms with Crippen LogP contribution in [0, 0.1) is 0 Å². The molecule has 1 atom stereocenters. The van der Waals surface area contributed by atoms with Crippen LogP contribution >= 0.6 is 0 Å². The number of anilines is 2. The first-order valence-electron chi connectivity index (χ1n) is 5.84. The molecule has 1 aliphatic heterocycles. The highest BCUT2D eigenvalue weighted by Gasteiger charge is 2.22. The fourth-order valence-electron chi connectivity index (χ4n) is 2.01. The Labute approximate surface area is 111 Å². The second-order valence-electron chi connectivity index (χ2n) is 4.43. The molecule has 0 radical (unpaired) electrons. The Morgan fingerprint density at radius 2 is 2.11 bits per heavy atom. The molecule has 19 heavy (non-hydrogen) atoms. The van der Waals surface area contributed by atoms with Crippen molar-refractivity contribution in [3.63, 3.8) is 0 Å². The van der Waals surface area contributed by atoms with E-state index in [0.717, 1.165) is 12.8 Å². The molecule has 0 aromatic heterocycles. The van der Waals surface area contributed by atoms with Gasteiger partial charge in [-0.25, -0.2) is 13.6 Å². The van der Waals surface area contributed by atoms with Gasteiger partial charge in [0, 0.05) is 12.2 Å². The van der Waals surface area contributed by atoms with Gasteiger partial charge in [-0.2, -0.15) is 0 Å². The smallest absolute Gasteiger partial charge is 0.242 e. The molecule has 6 N–H and O–H groups in total. The molecular formula is C11H16N4O3S. The average Bonchev–Trinajstić information content (AvgIpc) is 2.30. The molecule has 1 fully saturated rings. The summed E-state index contributed by atoms with van der Waals surface area (Å²) in [4.78, 5) is 11.5. The molecule has 0 spiro atoms. The summed E-state index contributed by atoms with van der Waals surface area (Å²) >= 11 is 0. The molecule has 1 unspecified atom stereocenters. The number of rotatable bonds is 3. The maximum Gasteiger partial charge on any atom is 0.242 e. The van der Waals surface area contributed by atoms with E-state index in [2.05, 4.69) is 10.6 Å². The molecule has 1 amide bonds. The number of carbonyl (C=O) groups is 1. The van der Waals surface area contributed by atoms with Gasteiger partial charge >= 0.3 is 0 Å². The summed E-state index contributed by atoms with van der Waals surface area (Å²) in [6, 6.07) is 4.00. The van der Waals surface area contributed by atoms with E-state index < -0.39 is 10.0 Å². The summed E-state index contributed by atoms with van der Waals surface area (Å²) in [5.74, 6) is -0.0691. The van der Waals surface area contributed by atoms with Crippen molar-refractivity contribution < 1.29 is 13.2 Å². The minimum Gasteiger partial charge on any atom is -0.398 e. The van der Waals surface area contributed by atoms with Crippen molar-refractivity contribution in [2.75, 3.05) is 17.6 Å². The van der Waals surface area contributed by atoms with E-state index in [1.54, 1.807) is 0 Å². The molecule has 0 saturated carbocycles. The number of primary sulfonamides is 1. The first kappa shape index (κ1) is 13.6. The van der Waals surface area contributed by atoms with Gasteiger partial charge in [0.1, 0.15) is 10.9 Å². The zero-order valence-corrected chi connectivity index (χ0v) is 11.0. The standard InChI is InChI=1S/C11H16N4O3S/c12-8-6-7(3-4-10(8)19(13,17)18)15-9-2-1-5-14-11(9)16/h3-4,6,9,15H,1-2,5,12H2,(H,14,16)(H2,13,17,18). The van der Waals surface area contributed by atoms with Crippen LogP contribution in [0.5, 0.6) is 0 Å². The molecule has 1 saturated heterocycles. The Morgan fingerprint density at radius 1 is 1.37 bits per heavy atom. The van der Waals surface area contributed by atoms with Crippen molar-refractivity contribution in [1.82, 2.24) is 5.32 Å². The van der Waals surface area contributed by atoms with Crippen LogP contribution in [0.3, 0.4) is 0 Å². The topological polar surface area (TPSA) is 127 Å². The number of hydrogen-bond donors (Lipinski definition) is 4. The van der Waals surface area contributed by atoms with Crippen molar-refractivity contribution in [2.24, 2.45) is 5.14 Å². The molecule has 2 rings (SSSR count). The highest BCUT2D eigenvalue weighted by molar-refractivity contribution is 7.89. The van der Waals surface area contributed by atoms with Crippen LogP contribution in [0.25, 0.3) is 0 Å². The molecule has 0 bridgehead atoms. The number of hydrogen-bond acceptors (Lipinski definition) is 5. The van der Waals surface area contributed by atoms with Gasteiger partial charge in [0.25, 0.3) is 0 Å². The lowest BCUT2D eigenvalue weighted by Gasteiger charge is -2.24. The third-order valence-electron chi connectivity index (χ3n) is 2.94. The molecule has 8 heteroatoms. The van der Waals surface area contributed by atoms with Crippen LogP contribution in [0.1, 0.15) is 12.8 Å². The lowest BCUT2D eigenvalue weighted by molar-refractivity contribution is -0.123. The van der Waals surface area contributed by atoms with Crippen LogP contribution in [0.15, 0.2) is 23.1 Å². The Kier molecular flexibility index (Phi) is 3.63. The van der Waals surface area contributed by atoms with Crippen LogP contribution in [-0.2, 0) is 14.8 Å². The van der Waals surface area contributed by atoms with Gasteiger partial charge in [-0.15, -0.1) is 0 Å². The third-order valence-corrected chi connectivity index (χ3v) is 3.93. The van der Waals surface area contributed by atoms with Crippen molar-refractivity contribution in [2.45, 2.75) is 23.8 Å². The van der Waals surface area contributed by atoms with E-state index in [-0.39, 0.29) is 22.5 Å². The molecule has 1 aliphatic rings. The third kappa shape index (κ3) is 3.15. The van der Waals surface area contributed by atoms with Crippen molar-refractivity contribution >= 4 is 27.3 Å². The first-order valence-corrected chi connectivity index (χ1v) is 7.39. The number of nitrogens with one attached hydrogen (secondary N) is 2. The monoisotopic (exact) mass is 284 g/mol. The lowest BCUT2D eigenvalue weighted by atomic mass is 10.1. The highest BCUT2D eigenvalue weighted by atomic mass is 32.2. The largest absolute Gasteiger partial charge is 0.398 e. The normalized spacial score (nSPS) is 19.8. The maximum atomic E-state index is 11.6. The van der Waals surface area contributed by atoms with Crippen molar-refractivity contribution in [3.8, 4) is 0 Å². The maximum absolute atomic E-state index is 11.6. The SMILES string of the molecule is Nc1cc(NC2CCCNC2=O)ccc1S(N)(=O)=O. The zero-order chi connectivity index (χ0) is 14.0. The summed E-state index contributed by atoms with van der Waals surface area (Å²) in [5.41, 5.74) is 6.30. The molecule has 1 aromatic rings. The van der Waals surface area contributed by atoms with Crippen LogP contribution in [0.2, 0.25) is 0 Å². The van der Waals surface area contributed by atoms with E-state index in [1.165, 1.54) is 18.2 Å². The Bertz CT molecular complexity index is 600. The fourth-order valence-corrected chi connectivity index (χ4v) is 2.65. The van der Waals surface area contributed by atoms with Gasteiger partial charge in [-0.3, -0.25) is 4.79 Å². The predicted molar refractivity (Wildman–Crippen MR) is 71.9 cm³/mol. The van der Waals surface area contributed by atoms with Gasteiger partial charge in [0.05, 0.1) is 5.69 Å². The Hall–Kier alpha value is -1.80. The number of nitrogen functional groups attached to an aromatic ring is 1. The average molecular weight is 284 g/mol. The van der Waals surface area contributed by atoms with Crippen LogP contribution in [0.4, 0.5) is 11.4 Å². The molecule has 1 aromatic carbocycles. The summed E-state index contributed by atoms with van der Waals surface area (Å²) in [7, 11) is -3.83. The summed E-state index contributed by atoms with van der Waals surface area (Å²) < 4.78 is 22.4. The van der Waals surface area contributed by atoms with E-state index in [4.69, 9.17) is 10.9 Å². The van der Waals surface area contributed by atoms with E-state index in [9.17, 15) is 13.2 Å². The fraction of sp³-hybridized carbons (Fsp3) is 0.364.